The third kappa shape index (κ3) is 14.6. The Bertz CT molecular complexity index is 2000. The minimum Gasteiger partial charge on any atom is -0.445 e. The Morgan fingerprint density at radius 1 is 0.623 bits per heavy atom. The van der Waals surface area contributed by atoms with Crippen molar-refractivity contribution < 1.29 is 28.7 Å². The number of amides is 4. The first-order valence-electron chi connectivity index (χ1n) is 21.1. The van der Waals surface area contributed by atoms with E-state index in [-0.39, 0.29) is 36.7 Å². The van der Waals surface area contributed by atoms with Crippen LogP contribution in [0.4, 0.5) is 9.59 Å². The van der Waals surface area contributed by atoms with E-state index in [1.54, 1.807) is 4.90 Å². The van der Waals surface area contributed by atoms with Crippen LogP contribution >= 0.6 is 12.2 Å². The van der Waals surface area contributed by atoms with Gasteiger partial charge in [-0.25, -0.2) is 9.59 Å². The first-order chi connectivity index (χ1) is 29.6. The van der Waals surface area contributed by atoms with Crippen LogP contribution in [-0.2, 0) is 58.2 Å². The van der Waals surface area contributed by atoms with E-state index >= 15 is 0 Å². The quantitative estimate of drug-likeness (QED) is 0.116. The van der Waals surface area contributed by atoms with Crippen LogP contribution in [0.15, 0.2) is 109 Å². The predicted octanol–water partition coefficient (Wildman–Crippen LogP) is 5.69. The van der Waals surface area contributed by atoms with Gasteiger partial charge in [0.2, 0.25) is 11.8 Å². The smallest absolute Gasteiger partial charge is 0.410 e. The fourth-order valence-corrected chi connectivity index (χ4v) is 7.19. The summed E-state index contributed by atoms with van der Waals surface area (Å²) in [5.74, 6) is -0.438. The predicted molar refractivity (Wildman–Crippen MR) is 240 cm³/mol. The lowest BCUT2D eigenvalue weighted by Gasteiger charge is -2.40. The zero-order chi connectivity index (χ0) is 43.4. The van der Waals surface area contributed by atoms with Gasteiger partial charge in [-0.05, 0) is 58.4 Å². The summed E-state index contributed by atoms with van der Waals surface area (Å²) in [7, 11) is 0. The normalized spacial score (nSPS) is 16.1. The van der Waals surface area contributed by atoms with Crippen LogP contribution in [0.25, 0.3) is 0 Å². The molecule has 0 aliphatic carbocycles. The van der Waals surface area contributed by atoms with Crippen molar-refractivity contribution in [2.45, 2.75) is 77.9 Å². The second-order valence-electron chi connectivity index (χ2n) is 15.1. The Hall–Kier alpha value is -5.99. The molecule has 4 aromatic carbocycles. The van der Waals surface area contributed by atoms with Gasteiger partial charge < -0.3 is 36.1 Å². The Balaban J connectivity index is 0.000000232. The van der Waals surface area contributed by atoms with Gasteiger partial charge in [-0.15, -0.1) is 0 Å². The van der Waals surface area contributed by atoms with Crippen LogP contribution in [0.3, 0.4) is 0 Å². The number of hydrogen-bond donors (Lipinski definition) is 4. The lowest BCUT2D eigenvalue weighted by atomic mass is 10.1. The number of piperazine rings is 2. The molecule has 0 unspecified atom stereocenters. The van der Waals surface area contributed by atoms with Crippen molar-refractivity contribution in [3.63, 3.8) is 0 Å². The zero-order valence-electron chi connectivity index (χ0n) is 35.2. The molecule has 0 saturated carbocycles. The maximum atomic E-state index is 13.0. The number of carbonyl (C=O) groups is 4. The molecule has 324 valence electrons. The van der Waals surface area contributed by atoms with E-state index in [2.05, 4.69) is 54.1 Å². The summed E-state index contributed by atoms with van der Waals surface area (Å²) < 4.78 is 10.9. The fraction of sp³-hybridized carbons (Fsp3) is 0.383. The number of thiocarbonyl (C=S) groups is 1. The highest BCUT2D eigenvalue weighted by Crippen LogP contribution is 2.15. The van der Waals surface area contributed by atoms with Crippen molar-refractivity contribution in [2.24, 2.45) is 5.73 Å². The van der Waals surface area contributed by atoms with Gasteiger partial charge in [0.25, 0.3) is 0 Å². The molecule has 2 fully saturated rings. The molecule has 6 rings (SSSR count). The van der Waals surface area contributed by atoms with Crippen molar-refractivity contribution in [1.82, 2.24) is 30.7 Å². The Labute approximate surface area is 364 Å². The van der Waals surface area contributed by atoms with Crippen molar-refractivity contribution in [2.75, 3.05) is 39.3 Å². The zero-order valence-corrected chi connectivity index (χ0v) is 36.0. The Kier molecular flexibility index (Phi) is 18.4. The molecule has 0 aromatic heterocycles. The molecule has 2 heterocycles. The summed E-state index contributed by atoms with van der Waals surface area (Å²) >= 11 is 5.09. The number of aryl methyl sites for hydroxylation is 2. The average molecular weight is 850 g/mol. The van der Waals surface area contributed by atoms with Crippen LogP contribution in [0, 0.1) is 0 Å². The summed E-state index contributed by atoms with van der Waals surface area (Å²) in [6.07, 6.45) is 3.30. The van der Waals surface area contributed by atoms with Crippen LogP contribution in [0.2, 0.25) is 0 Å². The number of nitrogens with zero attached hydrogens (tertiary/aromatic N) is 3. The van der Waals surface area contributed by atoms with Crippen LogP contribution in [0.1, 0.15) is 60.1 Å². The Morgan fingerprint density at radius 2 is 1.07 bits per heavy atom. The lowest BCUT2D eigenvalue weighted by Crippen LogP contribution is -2.62. The number of nitrogens with two attached hydrogens (primary N) is 1. The third-order valence-electron chi connectivity index (χ3n) is 10.5. The SMILES string of the molecule is CCCc1ccc(CNC(=O)[C@H]2CN(C(N)=S)CCN2C(=O)OCc2ccccc2)cc1.CCCc1ccc(CNC(=O)[C@H]2CNCCN2C(=O)OCc2ccccc2)cc1. The number of nitrogens with one attached hydrogen (secondary N) is 3. The van der Waals surface area contributed by atoms with Crippen LogP contribution < -0.4 is 21.7 Å². The first-order valence-corrected chi connectivity index (χ1v) is 21.5. The van der Waals surface area contributed by atoms with E-state index in [4.69, 9.17) is 27.4 Å². The van der Waals surface area contributed by atoms with E-state index in [1.807, 2.05) is 84.9 Å². The van der Waals surface area contributed by atoms with Crippen molar-refractivity contribution >= 4 is 41.3 Å². The van der Waals surface area contributed by atoms with Crippen molar-refractivity contribution in [3.05, 3.63) is 143 Å². The summed E-state index contributed by atoms with van der Waals surface area (Å²) in [6.45, 7) is 7.95. The molecule has 4 aromatic rings. The maximum Gasteiger partial charge on any atom is 0.410 e. The van der Waals surface area contributed by atoms with Gasteiger partial charge in [0.15, 0.2) is 5.11 Å². The molecule has 0 radical (unpaired) electrons. The molecule has 2 aliphatic heterocycles. The monoisotopic (exact) mass is 849 g/mol. The molecule has 4 amide bonds. The highest BCUT2D eigenvalue weighted by atomic mass is 32.1. The molecule has 0 bridgehead atoms. The molecule has 13 nitrogen and oxygen atoms in total. The molecule has 2 aliphatic rings. The van der Waals surface area contributed by atoms with Gasteiger partial charge in [0.05, 0.1) is 0 Å². The average Bonchev–Trinajstić information content (AvgIpc) is 3.30. The van der Waals surface area contributed by atoms with Gasteiger partial charge in [-0.2, -0.15) is 0 Å². The number of benzene rings is 4. The third-order valence-corrected chi connectivity index (χ3v) is 10.7. The number of hydrogen-bond acceptors (Lipinski definition) is 8. The van der Waals surface area contributed by atoms with E-state index in [1.165, 1.54) is 20.9 Å². The van der Waals surface area contributed by atoms with Crippen molar-refractivity contribution in [3.8, 4) is 0 Å². The lowest BCUT2D eigenvalue weighted by molar-refractivity contribution is -0.128. The van der Waals surface area contributed by atoms with Gasteiger partial charge in [0, 0.05) is 52.4 Å². The fourth-order valence-electron chi connectivity index (χ4n) is 7.03. The number of rotatable bonds is 14. The summed E-state index contributed by atoms with van der Waals surface area (Å²) in [5, 5.41) is 9.29. The molecule has 2 atom stereocenters. The number of ether oxygens (including phenoxy) is 2. The molecule has 14 heteroatoms. The number of carbonyl (C=O) groups excluding carboxylic acids is 4. The van der Waals surface area contributed by atoms with E-state index in [0.29, 0.717) is 45.8 Å². The van der Waals surface area contributed by atoms with Gasteiger partial charge >= 0.3 is 12.2 Å². The second-order valence-corrected chi connectivity index (χ2v) is 15.5. The highest BCUT2D eigenvalue weighted by Gasteiger charge is 2.37. The molecular weight excluding hydrogens is 791 g/mol. The molecule has 61 heavy (non-hydrogen) atoms. The molecule has 5 N–H and O–H groups in total. The van der Waals surface area contributed by atoms with Crippen molar-refractivity contribution in [1.29, 1.82) is 0 Å². The maximum absolute atomic E-state index is 13.0. The molecule has 0 spiro atoms. The van der Waals surface area contributed by atoms with Gasteiger partial charge in [0.1, 0.15) is 25.3 Å². The Morgan fingerprint density at radius 3 is 1.52 bits per heavy atom. The molecular formula is C47H59N7O6S. The minimum absolute atomic E-state index is 0.146. The minimum atomic E-state index is -0.743. The van der Waals surface area contributed by atoms with E-state index in [0.717, 1.165) is 47.9 Å². The largest absolute Gasteiger partial charge is 0.445 e. The van der Waals surface area contributed by atoms with Crippen LogP contribution in [0.5, 0.6) is 0 Å². The molecule has 2 saturated heterocycles. The van der Waals surface area contributed by atoms with Gasteiger partial charge in [-0.3, -0.25) is 19.4 Å². The van der Waals surface area contributed by atoms with E-state index in [9.17, 15) is 19.2 Å². The highest BCUT2D eigenvalue weighted by molar-refractivity contribution is 7.80. The second kappa shape index (κ2) is 24.3. The summed E-state index contributed by atoms with van der Waals surface area (Å²) in [4.78, 5) is 55.8. The topological polar surface area (TPSA) is 159 Å². The summed E-state index contributed by atoms with van der Waals surface area (Å²) in [5.41, 5.74) is 12.2. The first kappa shape index (κ1) is 46.1. The van der Waals surface area contributed by atoms with Gasteiger partial charge in [-0.1, -0.05) is 136 Å². The van der Waals surface area contributed by atoms with Crippen LogP contribution in [-0.4, -0.2) is 95.2 Å². The standard InChI is InChI=1S/C24H30N4O3S.C23H29N3O3/c1-2-6-18-9-11-19(12-10-18)15-26-22(29)21-16-27(23(25)32)13-14-28(21)24(30)31-17-20-7-4-3-5-8-20;1-2-6-18-9-11-19(12-10-18)15-25-22(27)21-16-24-13-14-26(21)23(28)29-17-20-7-4-3-5-8-20/h3-5,7-12,21H,2,6,13-17H2,1H3,(H2,25,32)(H,26,29);3-5,7-12,21,24H,2,6,13-17H2,1H3,(H,25,27)/t2*21-/m11/s1. The summed E-state index contributed by atoms with van der Waals surface area (Å²) in [6, 6.07) is 34.1. The van der Waals surface area contributed by atoms with E-state index < -0.39 is 24.3 Å².